The molecule has 5 heteroatoms. The fourth-order valence-electron chi connectivity index (χ4n) is 2.33. The number of fused-ring (bicyclic) bond motifs is 1. The van der Waals surface area contributed by atoms with E-state index in [0.717, 1.165) is 16.6 Å². The number of hydrogen-bond donors (Lipinski definition) is 1. The zero-order valence-corrected chi connectivity index (χ0v) is 10.9. The summed E-state index contributed by atoms with van der Waals surface area (Å²) in [5.74, 6) is 0. The molecule has 0 radical (unpaired) electrons. The number of aryl methyl sites for hydroxylation is 1. The van der Waals surface area contributed by atoms with Crippen LogP contribution >= 0.6 is 0 Å². The van der Waals surface area contributed by atoms with Gasteiger partial charge < -0.3 is 19.5 Å². The Morgan fingerprint density at radius 3 is 2.84 bits per heavy atom. The minimum atomic E-state index is -0.0569. The standard InChI is InChI=1S/C14H17N3O2/c1-16-5-4-11-10-12(2-3-13(11)16)15-14(18)17-6-8-19-9-7-17/h2-5,10H,6-9H2,1H3,(H,15,18). The Morgan fingerprint density at radius 1 is 1.26 bits per heavy atom. The number of nitrogens with one attached hydrogen (secondary N) is 1. The van der Waals surface area contributed by atoms with Crippen LogP contribution in [0.4, 0.5) is 10.5 Å². The summed E-state index contributed by atoms with van der Waals surface area (Å²) in [6, 6.07) is 7.93. The monoisotopic (exact) mass is 259 g/mol. The van der Waals surface area contributed by atoms with Crippen LogP contribution in [0.5, 0.6) is 0 Å². The summed E-state index contributed by atoms with van der Waals surface area (Å²) in [7, 11) is 2.01. The minimum absolute atomic E-state index is 0.0569. The summed E-state index contributed by atoms with van der Waals surface area (Å²) in [5, 5.41) is 4.06. The lowest BCUT2D eigenvalue weighted by Gasteiger charge is -2.26. The van der Waals surface area contributed by atoms with Crippen molar-refractivity contribution in [1.29, 1.82) is 0 Å². The molecule has 1 aromatic heterocycles. The molecule has 3 rings (SSSR count). The molecule has 5 nitrogen and oxygen atoms in total. The van der Waals surface area contributed by atoms with Crippen LogP contribution < -0.4 is 5.32 Å². The molecule has 0 saturated carbocycles. The first-order chi connectivity index (χ1) is 9.24. The van der Waals surface area contributed by atoms with Gasteiger partial charge in [-0.05, 0) is 24.3 Å². The van der Waals surface area contributed by atoms with Crippen molar-refractivity contribution in [1.82, 2.24) is 9.47 Å². The maximum atomic E-state index is 12.1. The lowest BCUT2D eigenvalue weighted by Crippen LogP contribution is -2.43. The third kappa shape index (κ3) is 2.42. The van der Waals surface area contributed by atoms with Gasteiger partial charge in [0.15, 0.2) is 0 Å². The summed E-state index contributed by atoms with van der Waals surface area (Å²) in [6.07, 6.45) is 2.01. The van der Waals surface area contributed by atoms with E-state index in [1.54, 1.807) is 4.90 Å². The topological polar surface area (TPSA) is 46.5 Å². The number of ether oxygens (including phenoxy) is 1. The summed E-state index contributed by atoms with van der Waals surface area (Å²) in [4.78, 5) is 13.8. The van der Waals surface area contributed by atoms with Crippen LogP contribution in [0.3, 0.4) is 0 Å². The molecule has 0 aliphatic carbocycles. The van der Waals surface area contributed by atoms with E-state index in [-0.39, 0.29) is 6.03 Å². The first-order valence-electron chi connectivity index (χ1n) is 6.43. The number of amides is 2. The van der Waals surface area contributed by atoms with Gasteiger partial charge in [-0.1, -0.05) is 0 Å². The molecule has 2 aromatic rings. The molecule has 19 heavy (non-hydrogen) atoms. The van der Waals surface area contributed by atoms with Crippen LogP contribution in [-0.2, 0) is 11.8 Å². The number of aromatic nitrogens is 1. The second kappa shape index (κ2) is 4.93. The van der Waals surface area contributed by atoms with E-state index < -0.39 is 0 Å². The predicted octanol–water partition coefficient (Wildman–Crippen LogP) is 2.04. The lowest BCUT2D eigenvalue weighted by molar-refractivity contribution is 0.0564. The van der Waals surface area contributed by atoms with Gasteiger partial charge >= 0.3 is 6.03 Å². The van der Waals surface area contributed by atoms with E-state index in [2.05, 4.69) is 9.88 Å². The molecule has 100 valence electrons. The fraction of sp³-hybridized carbons (Fsp3) is 0.357. The Morgan fingerprint density at radius 2 is 2.05 bits per heavy atom. The highest BCUT2D eigenvalue weighted by Gasteiger charge is 2.16. The molecule has 0 unspecified atom stereocenters. The third-order valence-corrected chi connectivity index (χ3v) is 3.43. The smallest absolute Gasteiger partial charge is 0.321 e. The summed E-state index contributed by atoms with van der Waals surface area (Å²) >= 11 is 0. The number of carbonyl (C=O) groups is 1. The van der Waals surface area contributed by atoms with Gasteiger partial charge in [-0.15, -0.1) is 0 Å². The van der Waals surface area contributed by atoms with Crippen LogP contribution in [0.15, 0.2) is 30.5 Å². The second-order valence-electron chi connectivity index (χ2n) is 4.73. The van der Waals surface area contributed by atoms with E-state index in [4.69, 9.17) is 4.74 Å². The zero-order chi connectivity index (χ0) is 13.2. The summed E-state index contributed by atoms with van der Waals surface area (Å²) in [5.41, 5.74) is 1.99. The highest BCUT2D eigenvalue weighted by Crippen LogP contribution is 2.20. The van der Waals surface area contributed by atoms with Gasteiger partial charge in [-0.2, -0.15) is 0 Å². The van der Waals surface area contributed by atoms with E-state index >= 15 is 0 Å². The summed E-state index contributed by atoms with van der Waals surface area (Å²) in [6.45, 7) is 2.54. The summed E-state index contributed by atoms with van der Waals surface area (Å²) < 4.78 is 7.29. The Balaban J connectivity index is 1.75. The van der Waals surface area contributed by atoms with Gasteiger partial charge in [-0.3, -0.25) is 0 Å². The molecule has 1 aromatic carbocycles. The van der Waals surface area contributed by atoms with E-state index in [1.807, 2.05) is 37.5 Å². The van der Waals surface area contributed by atoms with Gasteiger partial charge in [0.25, 0.3) is 0 Å². The molecule has 1 fully saturated rings. The van der Waals surface area contributed by atoms with Gasteiger partial charge in [0.1, 0.15) is 0 Å². The van der Waals surface area contributed by atoms with Crippen molar-refractivity contribution in [3.05, 3.63) is 30.5 Å². The molecule has 2 amide bonds. The van der Waals surface area contributed by atoms with Gasteiger partial charge in [0.05, 0.1) is 13.2 Å². The number of anilines is 1. The number of rotatable bonds is 1. The molecule has 0 spiro atoms. The molecule has 1 N–H and O–H groups in total. The van der Waals surface area contributed by atoms with Crippen molar-refractivity contribution in [2.45, 2.75) is 0 Å². The number of morpholine rings is 1. The number of nitrogens with zero attached hydrogens (tertiary/aromatic N) is 2. The molecule has 2 heterocycles. The van der Waals surface area contributed by atoms with Crippen molar-refractivity contribution in [3.8, 4) is 0 Å². The van der Waals surface area contributed by atoms with Crippen LogP contribution in [0.2, 0.25) is 0 Å². The first kappa shape index (κ1) is 12.0. The van der Waals surface area contributed by atoms with Crippen LogP contribution in [0, 0.1) is 0 Å². The number of urea groups is 1. The van der Waals surface area contributed by atoms with Gasteiger partial charge in [0.2, 0.25) is 0 Å². The largest absolute Gasteiger partial charge is 0.378 e. The predicted molar refractivity (Wildman–Crippen MR) is 74.3 cm³/mol. The highest BCUT2D eigenvalue weighted by molar-refractivity contribution is 5.93. The van der Waals surface area contributed by atoms with Gasteiger partial charge in [0, 0.05) is 42.9 Å². The Bertz CT molecular complexity index is 600. The highest BCUT2D eigenvalue weighted by atomic mass is 16.5. The number of carbonyl (C=O) groups excluding carboxylic acids is 1. The van der Waals surface area contributed by atoms with E-state index in [1.165, 1.54) is 0 Å². The maximum Gasteiger partial charge on any atom is 0.321 e. The molecule has 1 aliphatic heterocycles. The van der Waals surface area contributed by atoms with Crippen LogP contribution in [0.1, 0.15) is 0 Å². The lowest BCUT2D eigenvalue weighted by atomic mass is 10.2. The van der Waals surface area contributed by atoms with Crippen LogP contribution in [0.25, 0.3) is 10.9 Å². The zero-order valence-electron chi connectivity index (χ0n) is 10.9. The average Bonchev–Trinajstić information content (AvgIpc) is 2.81. The Hall–Kier alpha value is -2.01. The first-order valence-corrected chi connectivity index (χ1v) is 6.43. The van der Waals surface area contributed by atoms with Crippen molar-refractivity contribution < 1.29 is 9.53 Å². The van der Waals surface area contributed by atoms with E-state index in [0.29, 0.717) is 26.3 Å². The van der Waals surface area contributed by atoms with Crippen molar-refractivity contribution in [2.75, 3.05) is 31.6 Å². The average molecular weight is 259 g/mol. The fourth-order valence-corrected chi connectivity index (χ4v) is 2.33. The minimum Gasteiger partial charge on any atom is -0.378 e. The number of benzene rings is 1. The number of hydrogen-bond acceptors (Lipinski definition) is 2. The molecular weight excluding hydrogens is 242 g/mol. The van der Waals surface area contributed by atoms with Crippen molar-refractivity contribution in [2.24, 2.45) is 7.05 Å². The van der Waals surface area contributed by atoms with E-state index in [9.17, 15) is 4.79 Å². The normalized spacial score (nSPS) is 15.7. The second-order valence-corrected chi connectivity index (χ2v) is 4.73. The van der Waals surface area contributed by atoms with Gasteiger partial charge in [-0.25, -0.2) is 4.79 Å². The molecule has 0 bridgehead atoms. The Kier molecular flexibility index (Phi) is 3.13. The molecule has 1 aliphatic rings. The molecule has 0 atom stereocenters. The molecular formula is C14H17N3O2. The quantitative estimate of drug-likeness (QED) is 0.852. The van der Waals surface area contributed by atoms with Crippen LogP contribution in [-0.4, -0.2) is 41.8 Å². The van der Waals surface area contributed by atoms with Crippen molar-refractivity contribution >= 4 is 22.6 Å². The SMILES string of the molecule is Cn1ccc2cc(NC(=O)N3CCOCC3)ccc21. The maximum absolute atomic E-state index is 12.1. The Labute approximate surface area is 111 Å². The molecule has 1 saturated heterocycles. The third-order valence-electron chi connectivity index (χ3n) is 3.43. The van der Waals surface area contributed by atoms with Crippen molar-refractivity contribution in [3.63, 3.8) is 0 Å².